The van der Waals surface area contributed by atoms with Crippen molar-refractivity contribution in [3.63, 3.8) is 0 Å². The van der Waals surface area contributed by atoms with Crippen molar-refractivity contribution >= 4 is 15.9 Å². The van der Waals surface area contributed by atoms with E-state index < -0.39 is 0 Å². The first-order chi connectivity index (χ1) is 10.1. The maximum atomic E-state index is 5.13. The molecule has 0 atom stereocenters. The molecule has 0 saturated heterocycles. The van der Waals surface area contributed by atoms with Crippen LogP contribution in [0.3, 0.4) is 0 Å². The molecule has 2 rings (SSSR count). The van der Waals surface area contributed by atoms with Crippen molar-refractivity contribution in [2.45, 2.75) is 52.5 Å². The van der Waals surface area contributed by atoms with Crippen LogP contribution in [0.15, 0.2) is 4.47 Å². The highest BCUT2D eigenvalue weighted by Crippen LogP contribution is 2.42. The third-order valence-corrected chi connectivity index (χ3v) is 5.67. The first-order valence-corrected chi connectivity index (χ1v) is 8.82. The van der Waals surface area contributed by atoms with Crippen molar-refractivity contribution < 1.29 is 4.74 Å². The second-order valence-electron chi connectivity index (χ2n) is 6.22. The van der Waals surface area contributed by atoms with E-state index in [0.29, 0.717) is 5.41 Å². The van der Waals surface area contributed by atoms with E-state index in [1.54, 1.807) is 7.11 Å². The number of hydrogen-bond donors (Lipinski definition) is 1. The molecule has 120 valence electrons. The summed E-state index contributed by atoms with van der Waals surface area (Å²) < 4.78 is 8.50. The van der Waals surface area contributed by atoms with E-state index in [0.717, 1.165) is 38.4 Å². The molecule has 1 aliphatic rings. The topological polar surface area (TPSA) is 39.1 Å². The molecule has 4 nitrogen and oxygen atoms in total. The number of hydrogen-bond acceptors (Lipinski definition) is 3. The summed E-state index contributed by atoms with van der Waals surface area (Å²) in [5, 5.41) is 8.22. The van der Waals surface area contributed by atoms with Gasteiger partial charge >= 0.3 is 0 Å². The van der Waals surface area contributed by atoms with Crippen LogP contribution in [-0.2, 0) is 17.7 Å². The number of aromatic nitrogens is 2. The molecule has 0 radical (unpaired) electrons. The molecular formula is C16H28BrN3O. The van der Waals surface area contributed by atoms with Gasteiger partial charge in [0.2, 0.25) is 0 Å². The van der Waals surface area contributed by atoms with Crippen LogP contribution in [0.5, 0.6) is 0 Å². The molecule has 1 aromatic heterocycles. The quantitative estimate of drug-likeness (QED) is 0.725. The van der Waals surface area contributed by atoms with Crippen molar-refractivity contribution in [2.24, 2.45) is 5.41 Å². The molecule has 0 spiro atoms. The fourth-order valence-electron chi connectivity index (χ4n) is 3.46. The van der Waals surface area contributed by atoms with Crippen molar-refractivity contribution in [3.05, 3.63) is 15.9 Å². The van der Waals surface area contributed by atoms with Gasteiger partial charge in [0.15, 0.2) is 0 Å². The minimum Gasteiger partial charge on any atom is -0.383 e. The fraction of sp³-hybridized carbons (Fsp3) is 0.812. The summed E-state index contributed by atoms with van der Waals surface area (Å²) in [5.41, 5.74) is 2.85. The van der Waals surface area contributed by atoms with E-state index in [1.807, 2.05) is 0 Å². The second-order valence-corrected chi connectivity index (χ2v) is 7.01. The number of aryl methyl sites for hydroxylation is 2. The lowest BCUT2D eigenvalue weighted by Crippen LogP contribution is -2.36. The fourth-order valence-corrected chi connectivity index (χ4v) is 3.89. The van der Waals surface area contributed by atoms with E-state index in [-0.39, 0.29) is 0 Å². The molecule has 0 amide bonds. The van der Waals surface area contributed by atoms with E-state index in [2.05, 4.69) is 44.9 Å². The van der Waals surface area contributed by atoms with Gasteiger partial charge in [-0.1, -0.05) is 12.8 Å². The van der Waals surface area contributed by atoms with Crippen LogP contribution >= 0.6 is 15.9 Å². The maximum Gasteiger partial charge on any atom is 0.0738 e. The molecule has 21 heavy (non-hydrogen) atoms. The molecule has 5 heteroatoms. The van der Waals surface area contributed by atoms with E-state index >= 15 is 0 Å². The summed E-state index contributed by atoms with van der Waals surface area (Å²) in [6.07, 6.45) is 6.44. The highest BCUT2D eigenvalue weighted by molar-refractivity contribution is 9.10. The predicted molar refractivity (Wildman–Crippen MR) is 89.7 cm³/mol. The summed E-state index contributed by atoms with van der Waals surface area (Å²) in [4.78, 5) is 0. The number of nitrogens with zero attached hydrogens (tertiary/aromatic N) is 2. The molecule has 1 N–H and O–H groups in total. The Balaban J connectivity index is 2.09. The summed E-state index contributed by atoms with van der Waals surface area (Å²) in [6.45, 7) is 7.99. The lowest BCUT2D eigenvalue weighted by Gasteiger charge is -2.30. The number of halogens is 1. The Morgan fingerprint density at radius 1 is 1.38 bits per heavy atom. The van der Waals surface area contributed by atoms with Crippen LogP contribution in [0.4, 0.5) is 0 Å². The lowest BCUT2D eigenvalue weighted by molar-refractivity contribution is 0.189. The minimum atomic E-state index is 0.385. The van der Waals surface area contributed by atoms with Gasteiger partial charge in [-0.15, -0.1) is 0 Å². The Kier molecular flexibility index (Phi) is 6.26. The SMILES string of the molecule is CCn1nc(C)c(Br)c1CC1(CNCCOC)CCCC1. The van der Waals surface area contributed by atoms with E-state index in [1.165, 1.54) is 35.8 Å². The molecule has 1 aromatic rings. The lowest BCUT2D eigenvalue weighted by atomic mass is 9.81. The molecular weight excluding hydrogens is 330 g/mol. The van der Waals surface area contributed by atoms with Crippen LogP contribution in [0, 0.1) is 12.3 Å². The summed E-state index contributed by atoms with van der Waals surface area (Å²) in [6, 6.07) is 0. The normalized spacial score (nSPS) is 17.5. The molecule has 0 unspecified atom stereocenters. The first-order valence-electron chi connectivity index (χ1n) is 8.03. The zero-order valence-corrected chi connectivity index (χ0v) is 15.1. The van der Waals surface area contributed by atoms with Gasteiger partial charge in [0.05, 0.1) is 22.5 Å². The van der Waals surface area contributed by atoms with Crippen molar-refractivity contribution in [1.82, 2.24) is 15.1 Å². The van der Waals surface area contributed by atoms with Crippen LogP contribution in [0.2, 0.25) is 0 Å². The van der Waals surface area contributed by atoms with Gasteiger partial charge in [0.1, 0.15) is 0 Å². The smallest absolute Gasteiger partial charge is 0.0738 e. The zero-order valence-electron chi connectivity index (χ0n) is 13.5. The molecule has 1 heterocycles. The van der Waals surface area contributed by atoms with Crippen LogP contribution in [0.25, 0.3) is 0 Å². The van der Waals surface area contributed by atoms with Crippen molar-refractivity contribution in [3.8, 4) is 0 Å². The molecule has 0 aliphatic heterocycles. The standard InChI is InChI=1S/C16H28BrN3O/c1-4-20-14(15(17)13(2)19-20)11-16(7-5-6-8-16)12-18-9-10-21-3/h18H,4-12H2,1-3H3. The third-order valence-electron chi connectivity index (χ3n) is 4.64. The summed E-state index contributed by atoms with van der Waals surface area (Å²) in [5.74, 6) is 0. The molecule has 0 aromatic carbocycles. The average molecular weight is 358 g/mol. The van der Waals surface area contributed by atoms with E-state index in [9.17, 15) is 0 Å². The Morgan fingerprint density at radius 2 is 2.10 bits per heavy atom. The van der Waals surface area contributed by atoms with Gasteiger partial charge in [-0.2, -0.15) is 5.10 Å². The van der Waals surface area contributed by atoms with E-state index in [4.69, 9.17) is 4.74 Å². The summed E-state index contributed by atoms with van der Waals surface area (Å²) in [7, 11) is 1.76. The van der Waals surface area contributed by atoms with Gasteiger partial charge < -0.3 is 10.1 Å². The largest absolute Gasteiger partial charge is 0.383 e. The van der Waals surface area contributed by atoms with Crippen molar-refractivity contribution in [2.75, 3.05) is 26.8 Å². The average Bonchev–Trinajstić information content (AvgIpc) is 3.04. The Bertz CT molecular complexity index is 453. The number of ether oxygens (including phenoxy) is 1. The highest BCUT2D eigenvalue weighted by atomic mass is 79.9. The van der Waals surface area contributed by atoms with Crippen LogP contribution in [-0.4, -0.2) is 36.6 Å². The number of nitrogens with one attached hydrogen (secondary N) is 1. The Labute approximate surface area is 136 Å². The minimum absolute atomic E-state index is 0.385. The third kappa shape index (κ3) is 4.08. The Hall–Kier alpha value is -0.390. The highest BCUT2D eigenvalue weighted by Gasteiger charge is 2.35. The van der Waals surface area contributed by atoms with Gasteiger partial charge in [-0.3, -0.25) is 4.68 Å². The summed E-state index contributed by atoms with van der Waals surface area (Å²) >= 11 is 3.74. The van der Waals surface area contributed by atoms with Crippen LogP contribution in [0.1, 0.15) is 44.0 Å². The molecule has 1 aliphatic carbocycles. The first kappa shape index (κ1) is 17.0. The Morgan fingerprint density at radius 3 is 2.71 bits per heavy atom. The molecule has 0 bridgehead atoms. The molecule has 1 fully saturated rings. The second kappa shape index (κ2) is 7.75. The predicted octanol–water partition coefficient (Wildman–Crippen LogP) is 3.31. The number of methoxy groups -OCH3 is 1. The maximum absolute atomic E-state index is 5.13. The van der Waals surface area contributed by atoms with Gasteiger partial charge in [0, 0.05) is 26.7 Å². The van der Waals surface area contributed by atoms with Gasteiger partial charge in [-0.25, -0.2) is 0 Å². The monoisotopic (exact) mass is 357 g/mol. The van der Waals surface area contributed by atoms with Gasteiger partial charge in [0.25, 0.3) is 0 Å². The number of rotatable bonds is 8. The van der Waals surface area contributed by atoms with Crippen molar-refractivity contribution in [1.29, 1.82) is 0 Å². The molecule has 1 saturated carbocycles. The van der Waals surface area contributed by atoms with Crippen LogP contribution < -0.4 is 5.32 Å². The van der Waals surface area contributed by atoms with Gasteiger partial charge in [-0.05, 0) is 54.5 Å². The zero-order chi connectivity index (χ0) is 15.3.